The Bertz CT molecular complexity index is 329. The quantitative estimate of drug-likeness (QED) is 0.751. The van der Waals surface area contributed by atoms with Crippen LogP contribution in [0.25, 0.3) is 0 Å². The van der Waals surface area contributed by atoms with Gasteiger partial charge in [0.2, 0.25) is 0 Å². The van der Waals surface area contributed by atoms with Gasteiger partial charge >= 0.3 is 0 Å². The Labute approximate surface area is 90.7 Å². The zero-order chi connectivity index (χ0) is 11.5. The lowest BCUT2D eigenvalue weighted by Crippen LogP contribution is -2.13. The maximum atomic E-state index is 12.9. The predicted molar refractivity (Wildman–Crippen MR) is 63.4 cm³/mol. The van der Waals surface area contributed by atoms with E-state index in [9.17, 15) is 4.39 Å². The van der Waals surface area contributed by atoms with E-state index < -0.39 is 0 Å². The van der Waals surface area contributed by atoms with Crippen LogP contribution in [-0.2, 0) is 0 Å². The van der Waals surface area contributed by atoms with Crippen molar-refractivity contribution in [2.24, 2.45) is 5.41 Å². The summed E-state index contributed by atoms with van der Waals surface area (Å²) in [6.45, 7) is 7.31. The zero-order valence-electron chi connectivity index (χ0n) is 9.60. The number of nitrogens with one attached hydrogen (secondary N) is 1. The van der Waals surface area contributed by atoms with Crippen molar-refractivity contribution in [1.82, 2.24) is 0 Å². The number of hydrogen-bond donors (Lipinski definition) is 2. The second-order valence-corrected chi connectivity index (χ2v) is 4.97. The van der Waals surface area contributed by atoms with Gasteiger partial charge in [-0.25, -0.2) is 4.39 Å². The minimum atomic E-state index is -0.262. The van der Waals surface area contributed by atoms with E-state index in [1.54, 1.807) is 6.07 Å². The third-order valence-electron chi connectivity index (χ3n) is 2.21. The average Bonchev–Trinajstić information content (AvgIpc) is 2.09. The van der Waals surface area contributed by atoms with Crippen molar-refractivity contribution in [3.63, 3.8) is 0 Å². The molecule has 15 heavy (non-hydrogen) atoms. The lowest BCUT2D eigenvalue weighted by molar-refractivity contribution is 0.390. The summed E-state index contributed by atoms with van der Waals surface area (Å²) in [4.78, 5) is 0. The summed E-state index contributed by atoms with van der Waals surface area (Å²) in [5.41, 5.74) is 7.25. The molecule has 1 aromatic rings. The van der Waals surface area contributed by atoms with Crippen LogP contribution in [0.15, 0.2) is 18.2 Å². The van der Waals surface area contributed by atoms with Crippen LogP contribution in [0.4, 0.5) is 15.8 Å². The van der Waals surface area contributed by atoms with Crippen LogP contribution in [0.1, 0.15) is 27.2 Å². The summed E-state index contributed by atoms with van der Waals surface area (Å²) in [6, 6.07) is 4.37. The van der Waals surface area contributed by atoms with E-state index >= 15 is 0 Å². The first-order valence-electron chi connectivity index (χ1n) is 5.17. The van der Waals surface area contributed by atoms with Crippen LogP contribution in [0.2, 0.25) is 0 Å². The van der Waals surface area contributed by atoms with Gasteiger partial charge in [-0.1, -0.05) is 20.8 Å². The smallest absolute Gasteiger partial charge is 0.125 e. The molecule has 0 aliphatic rings. The van der Waals surface area contributed by atoms with Gasteiger partial charge in [0, 0.05) is 6.54 Å². The van der Waals surface area contributed by atoms with Gasteiger partial charge in [0.25, 0.3) is 0 Å². The number of benzene rings is 1. The van der Waals surface area contributed by atoms with Gasteiger partial charge < -0.3 is 11.1 Å². The first-order chi connectivity index (χ1) is 6.88. The Kier molecular flexibility index (Phi) is 3.56. The second-order valence-electron chi connectivity index (χ2n) is 4.97. The highest BCUT2D eigenvalue weighted by atomic mass is 19.1. The third-order valence-corrected chi connectivity index (χ3v) is 2.21. The minimum absolute atomic E-state index is 0.262. The van der Waals surface area contributed by atoms with Crippen molar-refractivity contribution in [3.05, 3.63) is 24.0 Å². The summed E-state index contributed by atoms with van der Waals surface area (Å²) in [6.07, 6.45) is 1.02. The largest absolute Gasteiger partial charge is 0.397 e. The topological polar surface area (TPSA) is 38.0 Å². The Balaban J connectivity index is 2.54. The summed E-state index contributed by atoms with van der Waals surface area (Å²) in [5.74, 6) is -0.262. The fourth-order valence-electron chi connectivity index (χ4n) is 1.25. The molecule has 0 unspecified atom stereocenters. The molecule has 0 amide bonds. The number of nitrogens with two attached hydrogens (primary N) is 1. The molecule has 0 saturated carbocycles. The lowest BCUT2D eigenvalue weighted by atomic mass is 9.92. The monoisotopic (exact) mass is 210 g/mol. The van der Waals surface area contributed by atoms with Crippen LogP contribution >= 0.6 is 0 Å². The average molecular weight is 210 g/mol. The van der Waals surface area contributed by atoms with E-state index in [0.29, 0.717) is 11.4 Å². The molecule has 0 aliphatic heterocycles. The number of rotatable bonds is 3. The molecule has 2 nitrogen and oxygen atoms in total. The standard InChI is InChI=1S/C12H19FN2/c1-12(2,3)6-7-15-11-8-9(13)4-5-10(11)14/h4-5,8,15H,6-7,14H2,1-3H3. The fraction of sp³-hybridized carbons (Fsp3) is 0.500. The molecule has 0 aliphatic carbocycles. The van der Waals surface area contributed by atoms with Gasteiger partial charge in [0.1, 0.15) is 5.82 Å². The van der Waals surface area contributed by atoms with E-state index in [0.717, 1.165) is 13.0 Å². The molecule has 0 atom stereocenters. The first kappa shape index (κ1) is 11.8. The molecule has 1 rings (SSSR count). The summed E-state index contributed by atoms with van der Waals surface area (Å²) < 4.78 is 12.9. The third kappa shape index (κ3) is 4.19. The molecule has 84 valence electrons. The minimum Gasteiger partial charge on any atom is -0.397 e. The highest BCUT2D eigenvalue weighted by molar-refractivity contribution is 5.65. The molecular weight excluding hydrogens is 191 g/mol. The van der Waals surface area contributed by atoms with E-state index in [1.165, 1.54) is 12.1 Å². The van der Waals surface area contributed by atoms with E-state index in [-0.39, 0.29) is 11.2 Å². The SMILES string of the molecule is CC(C)(C)CCNc1cc(F)ccc1N. The molecule has 0 aromatic heterocycles. The van der Waals surface area contributed by atoms with Gasteiger partial charge in [0.05, 0.1) is 11.4 Å². The van der Waals surface area contributed by atoms with Gasteiger partial charge in [-0.2, -0.15) is 0 Å². The first-order valence-corrected chi connectivity index (χ1v) is 5.17. The highest BCUT2D eigenvalue weighted by Gasteiger charge is 2.09. The molecule has 0 fully saturated rings. The molecular formula is C12H19FN2. The molecule has 0 saturated heterocycles. The molecule has 0 bridgehead atoms. The van der Waals surface area contributed by atoms with E-state index in [1.807, 2.05) is 0 Å². The molecule has 1 aromatic carbocycles. The molecule has 0 heterocycles. The molecule has 3 heteroatoms. The normalized spacial score (nSPS) is 11.5. The van der Waals surface area contributed by atoms with E-state index in [2.05, 4.69) is 26.1 Å². The molecule has 0 radical (unpaired) electrons. The molecule has 0 spiro atoms. The van der Waals surface area contributed by atoms with Crippen molar-refractivity contribution >= 4 is 11.4 Å². The summed E-state index contributed by atoms with van der Waals surface area (Å²) in [5, 5.41) is 3.15. The van der Waals surface area contributed by atoms with Gasteiger partial charge in [-0.05, 0) is 30.0 Å². The van der Waals surface area contributed by atoms with Crippen LogP contribution in [0.5, 0.6) is 0 Å². The predicted octanol–water partition coefficient (Wildman–Crippen LogP) is 3.26. The Morgan fingerprint density at radius 3 is 2.60 bits per heavy atom. The summed E-state index contributed by atoms with van der Waals surface area (Å²) in [7, 11) is 0. The molecule has 3 N–H and O–H groups in total. The Morgan fingerprint density at radius 1 is 1.33 bits per heavy atom. The van der Waals surface area contributed by atoms with E-state index in [4.69, 9.17) is 5.73 Å². The highest BCUT2D eigenvalue weighted by Crippen LogP contribution is 2.22. The van der Waals surface area contributed by atoms with Gasteiger partial charge in [-0.15, -0.1) is 0 Å². The maximum absolute atomic E-state index is 12.9. The van der Waals surface area contributed by atoms with Crippen molar-refractivity contribution < 1.29 is 4.39 Å². The maximum Gasteiger partial charge on any atom is 0.125 e. The number of nitrogen functional groups attached to an aromatic ring is 1. The summed E-state index contributed by atoms with van der Waals surface area (Å²) >= 11 is 0. The van der Waals surface area contributed by atoms with Crippen LogP contribution in [-0.4, -0.2) is 6.54 Å². The van der Waals surface area contributed by atoms with Gasteiger partial charge in [0.15, 0.2) is 0 Å². The van der Waals surface area contributed by atoms with Crippen molar-refractivity contribution in [1.29, 1.82) is 0 Å². The fourth-order valence-corrected chi connectivity index (χ4v) is 1.25. The lowest BCUT2D eigenvalue weighted by Gasteiger charge is -2.19. The van der Waals surface area contributed by atoms with Gasteiger partial charge in [-0.3, -0.25) is 0 Å². The number of hydrogen-bond acceptors (Lipinski definition) is 2. The Morgan fingerprint density at radius 2 is 2.00 bits per heavy atom. The van der Waals surface area contributed by atoms with Crippen LogP contribution in [0.3, 0.4) is 0 Å². The second kappa shape index (κ2) is 4.51. The zero-order valence-corrected chi connectivity index (χ0v) is 9.60. The van der Waals surface area contributed by atoms with Crippen molar-refractivity contribution in [2.45, 2.75) is 27.2 Å². The van der Waals surface area contributed by atoms with Crippen LogP contribution in [0, 0.1) is 11.2 Å². The van der Waals surface area contributed by atoms with Crippen LogP contribution < -0.4 is 11.1 Å². The van der Waals surface area contributed by atoms with Crippen molar-refractivity contribution in [3.8, 4) is 0 Å². The number of halogens is 1. The number of anilines is 2. The Hall–Kier alpha value is -1.25. The van der Waals surface area contributed by atoms with Crippen molar-refractivity contribution in [2.75, 3.05) is 17.6 Å².